The highest BCUT2D eigenvalue weighted by molar-refractivity contribution is 5.75. The highest BCUT2D eigenvalue weighted by Crippen LogP contribution is 2.05. The molecule has 1 atom stereocenters. The molecule has 1 N–H and O–H groups in total. The molecule has 0 aromatic heterocycles. The number of hydrogen-bond donors (Lipinski definition) is 1. The number of nitrogens with zero attached hydrogens (tertiary/aromatic N) is 2. The minimum atomic E-state index is 0.0451. The lowest BCUT2D eigenvalue weighted by Crippen LogP contribution is -2.34. The average molecular weight is 197 g/mol. The summed E-state index contributed by atoms with van der Waals surface area (Å²) in [4.78, 5) is 13.1. The molecule has 0 saturated heterocycles. The monoisotopic (exact) mass is 197 g/mol. The van der Waals surface area contributed by atoms with Gasteiger partial charge in [0.1, 0.15) is 0 Å². The maximum Gasteiger partial charge on any atom is 0.221 e. The summed E-state index contributed by atoms with van der Waals surface area (Å²) in [6.45, 7) is 2.76. The van der Waals surface area contributed by atoms with Crippen LogP contribution < -0.4 is 5.32 Å². The number of carbonyl (C=O) groups is 1. The molecule has 0 aromatic rings. The zero-order valence-electron chi connectivity index (χ0n) is 9.21. The second-order valence-electron chi connectivity index (χ2n) is 3.33. The number of amides is 1. The molecule has 0 aromatic carbocycles. The van der Waals surface area contributed by atoms with E-state index >= 15 is 0 Å². The van der Waals surface area contributed by atoms with Crippen LogP contribution >= 0.6 is 0 Å². The maximum atomic E-state index is 11.0. The third-order valence-corrected chi connectivity index (χ3v) is 2.39. The molecular formula is C10H19N3O. The smallest absolute Gasteiger partial charge is 0.221 e. The predicted octanol–water partition coefficient (Wildman–Crippen LogP) is 0.747. The molecule has 0 aliphatic heterocycles. The van der Waals surface area contributed by atoms with Crippen LogP contribution in [0.2, 0.25) is 0 Å². The van der Waals surface area contributed by atoms with Crippen molar-refractivity contribution >= 4 is 5.91 Å². The Bertz CT molecular complexity index is 210. The summed E-state index contributed by atoms with van der Waals surface area (Å²) >= 11 is 0. The van der Waals surface area contributed by atoms with Gasteiger partial charge < -0.3 is 10.2 Å². The molecule has 4 nitrogen and oxygen atoms in total. The van der Waals surface area contributed by atoms with Crippen molar-refractivity contribution in [2.75, 3.05) is 20.6 Å². The molecule has 0 radical (unpaired) electrons. The molecule has 4 heteroatoms. The Labute approximate surface area is 85.9 Å². The summed E-state index contributed by atoms with van der Waals surface area (Å²) < 4.78 is 0. The van der Waals surface area contributed by atoms with Crippen molar-refractivity contribution in [2.45, 2.75) is 32.2 Å². The van der Waals surface area contributed by atoms with Gasteiger partial charge in [-0.1, -0.05) is 6.92 Å². The van der Waals surface area contributed by atoms with Crippen LogP contribution in [0.15, 0.2) is 0 Å². The second-order valence-corrected chi connectivity index (χ2v) is 3.33. The first-order valence-corrected chi connectivity index (χ1v) is 4.93. The average Bonchev–Trinajstić information content (AvgIpc) is 2.21. The first-order chi connectivity index (χ1) is 6.65. The van der Waals surface area contributed by atoms with Gasteiger partial charge in [0, 0.05) is 26.1 Å². The number of carbonyl (C=O) groups excluding carboxylic acids is 1. The third kappa shape index (κ3) is 4.83. The molecule has 1 amide bonds. The van der Waals surface area contributed by atoms with Crippen LogP contribution in [0.3, 0.4) is 0 Å². The zero-order valence-corrected chi connectivity index (χ0v) is 9.21. The minimum Gasteiger partial charge on any atom is -0.359 e. The molecule has 0 bridgehead atoms. The summed E-state index contributed by atoms with van der Waals surface area (Å²) in [5.41, 5.74) is 0. The van der Waals surface area contributed by atoms with Gasteiger partial charge in [-0.25, -0.2) is 0 Å². The molecule has 0 rings (SSSR count). The van der Waals surface area contributed by atoms with Gasteiger partial charge in [0.25, 0.3) is 0 Å². The Morgan fingerprint density at radius 1 is 1.64 bits per heavy atom. The zero-order chi connectivity index (χ0) is 11.0. The summed E-state index contributed by atoms with van der Waals surface area (Å²) in [7, 11) is 3.59. The largest absolute Gasteiger partial charge is 0.359 e. The van der Waals surface area contributed by atoms with E-state index in [1.54, 1.807) is 7.05 Å². The van der Waals surface area contributed by atoms with Crippen molar-refractivity contribution in [3.63, 3.8) is 0 Å². The molecule has 0 saturated carbocycles. The highest BCUT2D eigenvalue weighted by Gasteiger charge is 2.12. The van der Waals surface area contributed by atoms with Crippen molar-refractivity contribution < 1.29 is 4.79 Å². The standard InChI is InChI=1S/C10H19N3O/c1-4-9(5-7-11)13(3)8-6-10(14)12-2/h9H,4-6,8H2,1-3H3,(H,12,14). The molecule has 14 heavy (non-hydrogen) atoms. The quantitative estimate of drug-likeness (QED) is 0.683. The van der Waals surface area contributed by atoms with Gasteiger partial charge in [-0.15, -0.1) is 0 Å². The van der Waals surface area contributed by atoms with Crippen molar-refractivity contribution in [3.05, 3.63) is 0 Å². The Morgan fingerprint density at radius 3 is 2.71 bits per heavy atom. The van der Waals surface area contributed by atoms with Crippen LogP contribution in [0.1, 0.15) is 26.2 Å². The van der Waals surface area contributed by atoms with Gasteiger partial charge in [-0.05, 0) is 13.5 Å². The topological polar surface area (TPSA) is 56.1 Å². The van der Waals surface area contributed by atoms with Crippen molar-refractivity contribution in [2.24, 2.45) is 0 Å². The molecule has 0 spiro atoms. The Hall–Kier alpha value is -1.08. The van der Waals surface area contributed by atoms with Crippen LogP contribution in [0.5, 0.6) is 0 Å². The van der Waals surface area contributed by atoms with E-state index in [4.69, 9.17) is 5.26 Å². The number of nitriles is 1. The second kappa shape index (κ2) is 7.34. The maximum absolute atomic E-state index is 11.0. The van der Waals surface area contributed by atoms with Crippen LogP contribution in [0, 0.1) is 11.3 Å². The summed E-state index contributed by atoms with van der Waals surface area (Å²) in [6, 6.07) is 2.43. The molecule has 0 aliphatic rings. The van der Waals surface area contributed by atoms with E-state index in [0.29, 0.717) is 19.4 Å². The molecular weight excluding hydrogens is 178 g/mol. The molecule has 1 unspecified atom stereocenters. The Balaban J connectivity index is 3.86. The van der Waals surface area contributed by atoms with Crippen LogP contribution in [0.25, 0.3) is 0 Å². The van der Waals surface area contributed by atoms with Gasteiger partial charge in [0.2, 0.25) is 5.91 Å². The number of rotatable bonds is 6. The molecule has 0 fully saturated rings. The fourth-order valence-corrected chi connectivity index (χ4v) is 1.30. The lowest BCUT2D eigenvalue weighted by atomic mass is 10.1. The van der Waals surface area contributed by atoms with E-state index in [2.05, 4.69) is 23.2 Å². The number of nitrogens with one attached hydrogen (secondary N) is 1. The molecule has 0 aliphatic carbocycles. The number of hydrogen-bond acceptors (Lipinski definition) is 3. The lowest BCUT2D eigenvalue weighted by Gasteiger charge is -2.24. The van der Waals surface area contributed by atoms with Gasteiger partial charge in [0.15, 0.2) is 0 Å². The van der Waals surface area contributed by atoms with E-state index < -0.39 is 0 Å². The molecule has 0 heterocycles. The summed E-state index contributed by atoms with van der Waals surface area (Å²) in [5, 5.41) is 11.2. The molecule has 80 valence electrons. The fourth-order valence-electron chi connectivity index (χ4n) is 1.30. The van der Waals surface area contributed by atoms with Crippen molar-refractivity contribution in [1.29, 1.82) is 5.26 Å². The SMILES string of the molecule is CCC(CC#N)N(C)CCC(=O)NC. The predicted molar refractivity (Wildman–Crippen MR) is 55.6 cm³/mol. The third-order valence-electron chi connectivity index (χ3n) is 2.39. The van der Waals surface area contributed by atoms with Crippen LogP contribution in [0.4, 0.5) is 0 Å². The minimum absolute atomic E-state index is 0.0451. The van der Waals surface area contributed by atoms with Gasteiger partial charge in [-0.3, -0.25) is 4.79 Å². The normalized spacial score (nSPS) is 12.2. The van der Waals surface area contributed by atoms with E-state index in [9.17, 15) is 4.79 Å². The first kappa shape index (κ1) is 12.9. The van der Waals surface area contributed by atoms with Gasteiger partial charge in [0.05, 0.1) is 12.5 Å². The lowest BCUT2D eigenvalue weighted by molar-refractivity contribution is -0.120. The fraction of sp³-hybridized carbons (Fsp3) is 0.800. The van der Waals surface area contributed by atoms with Gasteiger partial charge >= 0.3 is 0 Å². The van der Waals surface area contributed by atoms with E-state index in [1.807, 2.05) is 7.05 Å². The summed E-state index contributed by atoms with van der Waals surface area (Å²) in [5.74, 6) is 0.0451. The highest BCUT2D eigenvalue weighted by atomic mass is 16.1. The Morgan fingerprint density at radius 2 is 2.29 bits per heavy atom. The Kier molecular flexibility index (Phi) is 6.77. The van der Waals surface area contributed by atoms with Crippen LogP contribution in [-0.4, -0.2) is 37.5 Å². The van der Waals surface area contributed by atoms with Crippen molar-refractivity contribution in [3.8, 4) is 6.07 Å². The van der Waals surface area contributed by atoms with E-state index in [1.165, 1.54) is 0 Å². The van der Waals surface area contributed by atoms with Crippen LogP contribution in [-0.2, 0) is 4.79 Å². The van der Waals surface area contributed by atoms with E-state index in [-0.39, 0.29) is 11.9 Å². The van der Waals surface area contributed by atoms with Crippen molar-refractivity contribution in [1.82, 2.24) is 10.2 Å². The van der Waals surface area contributed by atoms with Gasteiger partial charge in [-0.2, -0.15) is 5.26 Å². The summed E-state index contributed by atoms with van der Waals surface area (Å²) in [6.07, 6.45) is 1.97. The first-order valence-electron chi connectivity index (χ1n) is 4.93. The van der Waals surface area contributed by atoms with E-state index in [0.717, 1.165) is 6.42 Å².